The number of aromatic hydroxyl groups is 1. The molecule has 1 aromatic heterocycles. The predicted molar refractivity (Wildman–Crippen MR) is 62.1 cm³/mol. The van der Waals surface area contributed by atoms with E-state index < -0.39 is 0 Å². The van der Waals surface area contributed by atoms with E-state index in [0.29, 0.717) is 0 Å². The first-order valence-electron chi connectivity index (χ1n) is 3.72. The maximum absolute atomic E-state index is 9.38. The summed E-state index contributed by atoms with van der Waals surface area (Å²) in [6.45, 7) is -0.0263. The van der Waals surface area contributed by atoms with E-state index in [2.05, 4.69) is 22.6 Å². The number of fused-ring (bicyclic) bond motifs is 1. The summed E-state index contributed by atoms with van der Waals surface area (Å²) < 4.78 is 2.17. The van der Waals surface area contributed by atoms with Gasteiger partial charge in [-0.25, -0.2) is 0 Å². The fourth-order valence-electron chi connectivity index (χ4n) is 1.28. The molecule has 0 radical (unpaired) electrons. The molecule has 0 fully saturated rings. The maximum Gasteiger partial charge on any atom is 0.116 e. The molecule has 1 heterocycles. The largest absolute Gasteiger partial charge is 0.508 e. The number of halogens is 1. The summed E-state index contributed by atoms with van der Waals surface area (Å²) >= 11 is 3.82. The van der Waals surface area contributed by atoms with Crippen molar-refractivity contribution in [1.82, 2.24) is 0 Å². The molecule has 0 saturated heterocycles. The molecule has 68 valence electrons. The average Bonchev–Trinajstić information content (AvgIpc) is 2.47. The Balaban J connectivity index is 2.84. The van der Waals surface area contributed by atoms with Crippen LogP contribution in [0.15, 0.2) is 17.5 Å². The van der Waals surface area contributed by atoms with Crippen molar-refractivity contribution in [3.8, 4) is 5.75 Å². The number of hydrogen-bond acceptors (Lipinski definition) is 3. The van der Waals surface area contributed by atoms with E-state index in [1.807, 2.05) is 5.38 Å². The Morgan fingerprint density at radius 3 is 2.85 bits per heavy atom. The third kappa shape index (κ3) is 1.53. The van der Waals surface area contributed by atoms with Crippen LogP contribution in [0.2, 0.25) is 0 Å². The Morgan fingerprint density at radius 2 is 2.15 bits per heavy atom. The minimum Gasteiger partial charge on any atom is -0.508 e. The van der Waals surface area contributed by atoms with E-state index in [0.717, 1.165) is 19.2 Å². The lowest BCUT2D eigenvalue weighted by atomic mass is 10.1. The number of aliphatic hydroxyl groups excluding tert-OH is 1. The number of hydrogen-bond donors (Lipinski definition) is 2. The summed E-state index contributed by atoms with van der Waals surface area (Å²) in [5.41, 5.74) is 0.794. The van der Waals surface area contributed by atoms with Crippen molar-refractivity contribution in [1.29, 1.82) is 0 Å². The van der Waals surface area contributed by atoms with Crippen LogP contribution in [0, 0.1) is 3.57 Å². The van der Waals surface area contributed by atoms with E-state index in [1.54, 1.807) is 23.5 Å². The summed E-state index contributed by atoms with van der Waals surface area (Å²) in [6, 6.07) is 3.34. The molecule has 1 aromatic carbocycles. The van der Waals surface area contributed by atoms with Crippen LogP contribution >= 0.6 is 33.9 Å². The first-order valence-corrected chi connectivity index (χ1v) is 5.67. The molecule has 2 N–H and O–H groups in total. The number of thiophene rings is 1. The lowest BCUT2D eigenvalue weighted by Gasteiger charge is -2.00. The van der Waals surface area contributed by atoms with Crippen LogP contribution in [0.3, 0.4) is 0 Å². The lowest BCUT2D eigenvalue weighted by molar-refractivity contribution is 0.283. The van der Waals surface area contributed by atoms with Crippen molar-refractivity contribution < 1.29 is 10.2 Å². The van der Waals surface area contributed by atoms with Gasteiger partial charge in [0.25, 0.3) is 0 Å². The Morgan fingerprint density at radius 1 is 1.38 bits per heavy atom. The van der Waals surface area contributed by atoms with E-state index in [9.17, 15) is 5.11 Å². The van der Waals surface area contributed by atoms with Gasteiger partial charge >= 0.3 is 0 Å². The first kappa shape index (κ1) is 9.23. The maximum atomic E-state index is 9.38. The standard InChI is InChI=1S/C9H7IO2S/c10-8-4-13-9-5(3-11)1-6(12)2-7(8)9/h1-2,4,11-12H,3H2. The van der Waals surface area contributed by atoms with Gasteiger partial charge in [-0.3, -0.25) is 0 Å². The van der Waals surface area contributed by atoms with Gasteiger partial charge in [-0.1, -0.05) is 0 Å². The molecule has 0 amide bonds. The molecule has 0 spiro atoms. The summed E-state index contributed by atoms with van der Waals surface area (Å²) in [4.78, 5) is 0. The highest BCUT2D eigenvalue weighted by Crippen LogP contribution is 2.33. The molecular formula is C9H7IO2S. The van der Waals surface area contributed by atoms with E-state index in [1.165, 1.54) is 0 Å². The molecule has 2 aromatic rings. The molecule has 0 bridgehead atoms. The van der Waals surface area contributed by atoms with E-state index in [4.69, 9.17) is 5.11 Å². The van der Waals surface area contributed by atoms with Crippen LogP contribution in [-0.4, -0.2) is 10.2 Å². The Hall–Kier alpha value is -0.330. The van der Waals surface area contributed by atoms with Crippen LogP contribution < -0.4 is 0 Å². The van der Waals surface area contributed by atoms with E-state index >= 15 is 0 Å². The molecule has 4 heteroatoms. The van der Waals surface area contributed by atoms with Crippen molar-refractivity contribution in [2.75, 3.05) is 0 Å². The number of phenols is 1. The Bertz CT molecular complexity index is 450. The zero-order valence-electron chi connectivity index (χ0n) is 6.62. The van der Waals surface area contributed by atoms with Gasteiger partial charge in [0.1, 0.15) is 5.75 Å². The van der Waals surface area contributed by atoms with Crippen molar-refractivity contribution in [3.63, 3.8) is 0 Å². The van der Waals surface area contributed by atoms with Crippen LogP contribution in [0.4, 0.5) is 0 Å². The third-order valence-corrected chi connectivity index (χ3v) is 4.24. The highest BCUT2D eigenvalue weighted by Gasteiger charge is 2.07. The van der Waals surface area contributed by atoms with Gasteiger partial charge in [-0.15, -0.1) is 11.3 Å². The molecule has 0 atom stereocenters. The fourth-order valence-corrected chi connectivity index (χ4v) is 3.19. The van der Waals surface area contributed by atoms with Gasteiger partial charge < -0.3 is 10.2 Å². The normalized spacial score (nSPS) is 10.9. The average molecular weight is 306 g/mol. The first-order chi connectivity index (χ1) is 6.22. The van der Waals surface area contributed by atoms with Gasteiger partial charge in [0.05, 0.1) is 6.61 Å². The van der Waals surface area contributed by atoms with Gasteiger partial charge in [0, 0.05) is 19.0 Å². The SMILES string of the molecule is OCc1cc(O)cc2c(I)csc12. The monoisotopic (exact) mass is 306 g/mol. The lowest BCUT2D eigenvalue weighted by Crippen LogP contribution is -1.82. The zero-order valence-corrected chi connectivity index (χ0v) is 9.59. The third-order valence-electron chi connectivity index (χ3n) is 1.86. The molecule has 0 aliphatic carbocycles. The molecule has 2 rings (SSSR count). The fraction of sp³-hybridized carbons (Fsp3) is 0.111. The summed E-state index contributed by atoms with van der Waals surface area (Å²) in [7, 11) is 0. The van der Waals surface area contributed by atoms with E-state index in [-0.39, 0.29) is 12.4 Å². The quantitative estimate of drug-likeness (QED) is 0.795. The van der Waals surface area contributed by atoms with Crippen molar-refractivity contribution in [2.24, 2.45) is 0 Å². The molecule has 0 saturated carbocycles. The molecule has 13 heavy (non-hydrogen) atoms. The van der Waals surface area contributed by atoms with Crippen molar-refractivity contribution in [3.05, 3.63) is 26.6 Å². The second-order valence-corrected chi connectivity index (χ2v) is 4.77. The number of benzene rings is 1. The van der Waals surface area contributed by atoms with Crippen molar-refractivity contribution in [2.45, 2.75) is 6.61 Å². The topological polar surface area (TPSA) is 40.5 Å². The molecule has 0 aliphatic heterocycles. The van der Waals surface area contributed by atoms with Crippen LogP contribution in [0.5, 0.6) is 5.75 Å². The minimum absolute atomic E-state index is 0.0263. The Kier molecular flexibility index (Phi) is 2.44. The zero-order chi connectivity index (χ0) is 9.42. The van der Waals surface area contributed by atoms with Gasteiger partial charge in [-0.05, 0) is 40.3 Å². The van der Waals surface area contributed by atoms with Crippen LogP contribution in [0.25, 0.3) is 10.1 Å². The van der Waals surface area contributed by atoms with Crippen LogP contribution in [-0.2, 0) is 6.61 Å². The number of rotatable bonds is 1. The summed E-state index contributed by atoms with van der Waals surface area (Å²) in [5, 5.41) is 21.5. The minimum atomic E-state index is -0.0263. The highest BCUT2D eigenvalue weighted by atomic mass is 127. The van der Waals surface area contributed by atoms with Crippen LogP contribution in [0.1, 0.15) is 5.56 Å². The summed E-state index contributed by atoms with van der Waals surface area (Å²) in [5.74, 6) is 0.216. The van der Waals surface area contributed by atoms with Gasteiger partial charge in [0.15, 0.2) is 0 Å². The highest BCUT2D eigenvalue weighted by molar-refractivity contribution is 14.1. The van der Waals surface area contributed by atoms with Gasteiger partial charge in [-0.2, -0.15) is 0 Å². The van der Waals surface area contributed by atoms with Gasteiger partial charge in [0.2, 0.25) is 0 Å². The Labute approximate surface area is 93.0 Å². The number of aliphatic hydroxyl groups is 1. The second-order valence-electron chi connectivity index (χ2n) is 2.72. The van der Waals surface area contributed by atoms with Crippen molar-refractivity contribution >= 4 is 44.0 Å². The molecule has 0 unspecified atom stereocenters. The predicted octanol–water partition coefficient (Wildman–Crippen LogP) is 2.70. The molecular weight excluding hydrogens is 299 g/mol. The molecule has 2 nitrogen and oxygen atoms in total. The second kappa shape index (κ2) is 3.43. The molecule has 0 aliphatic rings. The smallest absolute Gasteiger partial charge is 0.116 e. The summed E-state index contributed by atoms with van der Waals surface area (Å²) in [6.07, 6.45) is 0. The number of phenolic OH excluding ortho intramolecular Hbond substituents is 1.